The molecule has 4 nitrogen and oxygen atoms in total. The Labute approximate surface area is 97.8 Å². The molecule has 1 unspecified atom stereocenters. The zero-order valence-electron chi connectivity index (χ0n) is 8.64. The molecule has 0 aliphatic carbocycles. The lowest BCUT2D eigenvalue weighted by atomic mass is 9.91. The number of benzene rings is 1. The number of rotatable bonds is 5. The van der Waals surface area contributed by atoms with Gasteiger partial charge in [-0.1, -0.05) is 30.3 Å². The Kier molecular flexibility index (Phi) is 4.04. The number of carbonyl (C=O) groups is 2. The number of aliphatic carboxylic acids is 1. The Hall–Kier alpha value is -1.39. The van der Waals surface area contributed by atoms with Gasteiger partial charge in [-0.25, -0.2) is 4.79 Å². The predicted octanol–water partition coefficient (Wildman–Crippen LogP) is 1.77. The van der Waals surface area contributed by atoms with Crippen LogP contribution in [0.4, 0.5) is 0 Å². The van der Waals surface area contributed by atoms with Crippen LogP contribution in [0.5, 0.6) is 0 Å². The molecule has 86 valence electrons. The van der Waals surface area contributed by atoms with Crippen LogP contribution in [0.25, 0.3) is 0 Å². The van der Waals surface area contributed by atoms with Gasteiger partial charge < -0.3 is 9.84 Å². The molecule has 16 heavy (non-hydrogen) atoms. The van der Waals surface area contributed by atoms with Crippen LogP contribution < -0.4 is 0 Å². The van der Waals surface area contributed by atoms with E-state index in [9.17, 15) is 14.7 Å². The quantitative estimate of drug-likeness (QED) is 0.800. The first-order valence-electron chi connectivity index (χ1n) is 4.55. The summed E-state index contributed by atoms with van der Waals surface area (Å²) in [5, 5.41) is 8.43. The first-order valence-corrected chi connectivity index (χ1v) is 4.93. The molecule has 1 aromatic rings. The summed E-state index contributed by atoms with van der Waals surface area (Å²) < 4.78 is 4.99. The van der Waals surface area contributed by atoms with Gasteiger partial charge in [-0.3, -0.25) is 4.79 Å². The van der Waals surface area contributed by atoms with Crippen LogP contribution in [0.1, 0.15) is 12.0 Å². The molecule has 0 aromatic heterocycles. The van der Waals surface area contributed by atoms with Gasteiger partial charge in [0.1, 0.15) is 0 Å². The third kappa shape index (κ3) is 2.40. The van der Waals surface area contributed by atoms with Crippen LogP contribution in [0.2, 0.25) is 0 Å². The molecule has 0 radical (unpaired) electrons. The van der Waals surface area contributed by atoms with E-state index in [-0.39, 0.29) is 0 Å². The molecule has 0 bridgehead atoms. The van der Waals surface area contributed by atoms with Crippen molar-refractivity contribution >= 4 is 22.8 Å². The number of hydrogen-bond acceptors (Lipinski definition) is 3. The minimum Gasteiger partial charge on any atom is -0.479 e. The normalized spacial score (nSPS) is 14.1. The number of hydrogen-bond donors (Lipinski definition) is 1. The van der Waals surface area contributed by atoms with Crippen molar-refractivity contribution in [3.63, 3.8) is 0 Å². The minimum absolute atomic E-state index is 0.388. The largest absolute Gasteiger partial charge is 0.479 e. The van der Waals surface area contributed by atoms with Crippen molar-refractivity contribution in [1.29, 1.82) is 0 Å². The van der Waals surface area contributed by atoms with Crippen molar-refractivity contribution in [1.82, 2.24) is 0 Å². The Morgan fingerprint density at radius 3 is 2.31 bits per heavy atom. The number of halogens is 1. The molecule has 0 aliphatic rings. The zero-order chi connectivity index (χ0) is 12.2. The van der Waals surface area contributed by atoms with Crippen molar-refractivity contribution in [3.8, 4) is 0 Å². The minimum atomic E-state index is -1.71. The summed E-state index contributed by atoms with van der Waals surface area (Å²) in [6, 6.07) is 8.25. The van der Waals surface area contributed by atoms with Crippen LogP contribution in [-0.2, 0) is 19.9 Å². The van der Waals surface area contributed by atoms with Crippen LogP contribution in [-0.4, -0.2) is 23.4 Å². The van der Waals surface area contributed by atoms with E-state index in [1.165, 1.54) is 7.11 Å². The highest BCUT2D eigenvalue weighted by Gasteiger charge is 2.42. The lowest BCUT2D eigenvalue weighted by Gasteiger charge is -2.26. The average Bonchev–Trinajstić information content (AvgIpc) is 2.26. The maximum Gasteiger partial charge on any atom is 0.341 e. The fourth-order valence-corrected chi connectivity index (χ4v) is 1.67. The number of ether oxygens (including phenoxy) is 1. The summed E-state index contributed by atoms with van der Waals surface area (Å²) in [6.07, 6.45) is -0.412. The lowest BCUT2D eigenvalue weighted by Crippen LogP contribution is -2.39. The van der Waals surface area contributed by atoms with Crippen molar-refractivity contribution in [2.45, 2.75) is 12.0 Å². The molecule has 5 heteroatoms. The summed E-state index contributed by atoms with van der Waals surface area (Å²) in [7, 11) is 1.24. The van der Waals surface area contributed by atoms with Gasteiger partial charge in [0.2, 0.25) is 5.24 Å². The number of carboxylic acids is 1. The fraction of sp³-hybridized carbons (Fsp3) is 0.273. The molecule has 0 heterocycles. The smallest absolute Gasteiger partial charge is 0.341 e. The molecule has 0 aliphatic heterocycles. The summed E-state index contributed by atoms with van der Waals surface area (Å²) >= 11 is 5.25. The van der Waals surface area contributed by atoms with Gasteiger partial charge in [0.05, 0.1) is 6.42 Å². The van der Waals surface area contributed by atoms with E-state index >= 15 is 0 Å². The second-order valence-electron chi connectivity index (χ2n) is 3.23. The van der Waals surface area contributed by atoms with Gasteiger partial charge in [0.15, 0.2) is 5.60 Å². The van der Waals surface area contributed by atoms with E-state index in [2.05, 4.69) is 0 Å². The second kappa shape index (κ2) is 5.09. The van der Waals surface area contributed by atoms with Gasteiger partial charge in [0, 0.05) is 7.11 Å². The van der Waals surface area contributed by atoms with E-state index in [0.29, 0.717) is 5.56 Å². The van der Waals surface area contributed by atoms with Crippen molar-refractivity contribution in [3.05, 3.63) is 35.9 Å². The first-order chi connectivity index (χ1) is 7.53. The van der Waals surface area contributed by atoms with Crippen molar-refractivity contribution in [2.24, 2.45) is 0 Å². The topological polar surface area (TPSA) is 63.6 Å². The van der Waals surface area contributed by atoms with Gasteiger partial charge in [-0.2, -0.15) is 0 Å². The summed E-state index contributed by atoms with van der Waals surface area (Å²) in [4.78, 5) is 22.2. The fourth-order valence-electron chi connectivity index (χ4n) is 1.48. The highest BCUT2D eigenvalue weighted by Crippen LogP contribution is 2.30. The highest BCUT2D eigenvalue weighted by molar-refractivity contribution is 6.63. The van der Waals surface area contributed by atoms with E-state index in [1.54, 1.807) is 30.3 Å². The van der Waals surface area contributed by atoms with E-state index < -0.39 is 23.2 Å². The average molecular weight is 243 g/mol. The number of methoxy groups -OCH3 is 1. The Morgan fingerprint density at radius 1 is 1.38 bits per heavy atom. The van der Waals surface area contributed by atoms with Gasteiger partial charge >= 0.3 is 5.97 Å². The summed E-state index contributed by atoms with van der Waals surface area (Å²) in [5.74, 6) is -1.24. The predicted molar refractivity (Wildman–Crippen MR) is 58.2 cm³/mol. The number of carboxylic acid groups (broad SMARTS) is 1. The Bertz CT molecular complexity index is 390. The maximum atomic E-state index is 11.3. The molecular weight excluding hydrogens is 232 g/mol. The molecule has 1 rings (SSSR count). The molecular formula is C11H11ClO4. The van der Waals surface area contributed by atoms with Crippen LogP contribution in [0.15, 0.2) is 30.3 Å². The Morgan fingerprint density at radius 2 is 1.94 bits per heavy atom. The molecule has 1 aromatic carbocycles. The third-order valence-electron chi connectivity index (χ3n) is 2.32. The summed E-state index contributed by atoms with van der Waals surface area (Å²) in [5.41, 5.74) is -1.32. The third-order valence-corrected chi connectivity index (χ3v) is 2.46. The monoisotopic (exact) mass is 242 g/mol. The van der Waals surface area contributed by atoms with E-state index in [0.717, 1.165) is 0 Å². The molecule has 0 amide bonds. The van der Waals surface area contributed by atoms with E-state index in [4.69, 9.17) is 16.3 Å². The molecule has 0 fully saturated rings. The van der Waals surface area contributed by atoms with Crippen LogP contribution in [0.3, 0.4) is 0 Å². The standard InChI is InChI=1S/C11H11ClO4/c1-16-11(10(14)15,7-9(12)13)8-5-3-2-4-6-8/h2-6H,7H2,1H3,(H,14,15). The molecule has 0 saturated heterocycles. The first kappa shape index (κ1) is 12.7. The van der Waals surface area contributed by atoms with Crippen LogP contribution in [0, 0.1) is 0 Å². The van der Waals surface area contributed by atoms with Gasteiger partial charge in [-0.05, 0) is 17.2 Å². The molecule has 1 atom stereocenters. The van der Waals surface area contributed by atoms with Crippen molar-refractivity contribution in [2.75, 3.05) is 7.11 Å². The molecule has 0 spiro atoms. The lowest BCUT2D eigenvalue weighted by molar-refractivity contribution is -0.166. The van der Waals surface area contributed by atoms with Crippen LogP contribution >= 0.6 is 11.6 Å². The second-order valence-corrected chi connectivity index (χ2v) is 3.66. The van der Waals surface area contributed by atoms with Gasteiger partial charge in [-0.15, -0.1) is 0 Å². The number of carbonyl (C=O) groups excluding carboxylic acids is 1. The van der Waals surface area contributed by atoms with Gasteiger partial charge in [0.25, 0.3) is 0 Å². The van der Waals surface area contributed by atoms with E-state index in [1.807, 2.05) is 0 Å². The highest BCUT2D eigenvalue weighted by atomic mass is 35.5. The Balaban J connectivity index is 3.23. The molecule has 1 N–H and O–H groups in total. The molecule has 0 saturated carbocycles. The SMILES string of the molecule is COC(CC(=O)Cl)(C(=O)O)c1ccccc1. The maximum absolute atomic E-state index is 11.3. The van der Waals surface area contributed by atoms with Crippen molar-refractivity contribution < 1.29 is 19.4 Å². The zero-order valence-corrected chi connectivity index (χ0v) is 9.40. The summed E-state index contributed by atoms with van der Waals surface area (Å²) in [6.45, 7) is 0.